The molecule has 0 aromatic heterocycles. The lowest BCUT2D eigenvalue weighted by molar-refractivity contribution is -0.113. The van der Waals surface area contributed by atoms with Gasteiger partial charge in [-0.3, -0.25) is 4.79 Å². The van der Waals surface area contributed by atoms with E-state index in [9.17, 15) is 9.18 Å². The smallest absolute Gasteiger partial charge is 0.239 e. The average Bonchev–Trinajstić information content (AvgIpc) is 2.14. The fraction of sp³-hybridized carbons (Fsp3) is 0.300. The van der Waals surface area contributed by atoms with Gasteiger partial charge in [0.25, 0.3) is 0 Å². The molecule has 0 radical (unpaired) electrons. The fourth-order valence-electron chi connectivity index (χ4n) is 1.10. The Morgan fingerprint density at radius 3 is 2.64 bits per heavy atom. The summed E-state index contributed by atoms with van der Waals surface area (Å²) in [5.41, 5.74) is 1.79. The number of benzene rings is 1. The van der Waals surface area contributed by atoms with Crippen molar-refractivity contribution in [3.8, 4) is 0 Å². The molecule has 0 saturated carbocycles. The monoisotopic (exact) mass is 215 g/mol. The van der Waals surface area contributed by atoms with Gasteiger partial charge in [0, 0.05) is 5.69 Å². The standard InChI is InChI=1S/C10H11ClFNO/c1-6-4-9(13-10(14)5-11)7(2)3-8(6)12/h3-4H,5H2,1-2H3,(H,13,14). The molecule has 1 aromatic carbocycles. The Morgan fingerprint density at radius 1 is 1.43 bits per heavy atom. The highest BCUT2D eigenvalue weighted by Gasteiger charge is 2.06. The second kappa shape index (κ2) is 4.42. The molecular formula is C10H11ClFNO. The van der Waals surface area contributed by atoms with Crippen molar-refractivity contribution in [2.75, 3.05) is 11.2 Å². The zero-order valence-corrected chi connectivity index (χ0v) is 8.78. The predicted molar refractivity (Wildman–Crippen MR) is 55.2 cm³/mol. The van der Waals surface area contributed by atoms with Crippen molar-refractivity contribution in [2.45, 2.75) is 13.8 Å². The van der Waals surface area contributed by atoms with Crippen LogP contribution in [0.1, 0.15) is 11.1 Å². The van der Waals surface area contributed by atoms with Crippen LogP contribution in [0.15, 0.2) is 12.1 Å². The number of nitrogens with one attached hydrogen (secondary N) is 1. The summed E-state index contributed by atoms with van der Waals surface area (Å²) in [6.45, 7) is 3.37. The van der Waals surface area contributed by atoms with Gasteiger partial charge in [-0.05, 0) is 37.1 Å². The molecule has 0 heterocycles. The molecule has 0 aliphatic heterocycles. The zero-order chi connectivity index (χ0) is 10.7. The molecule has 1 amide bonds. The minimum absolute atomic E-state index is 0.101. The van der Waals surface area contributed by atoms with Gasteiger partial charge in [0.15, 0.2) is 0 Å². The van der Waals surface area contributed by atoms with E-state index in [4.69, 9.17) is 11.6 Å². The molecule has 4 heteroatoms. The number of aryl methyl sites for hydroxylation is 2. The Hall–Kier alpha value is -1.09. The highest BCUT2D eigenvalue weighted by molar-refractivity contribution is 6.29. The largest absolute Gasteiger partial charge is 0.325 e. The maximum absolute atomic E-state index is 13.0. The van der Waals surface area contributed by atoms with Crippen LogP contribution in [0, 0.1) is 19.7 Å². The minimum atomic E-state index is -0.291. The Labute approximate surface area is 87.1 Å². The third-order valence-electron chi connectivity index (χ3n) is 1.90. The summed E-state index contributed by atoms with van der Waals surface area (Å²) in [6, 6.07) is 2.98. The number of amides is 1. The molecule has 1 aromatic rings. The van der Waals surface area contributed by atoms with Crippen LogP contribution in [-0.4, -0.2) is 11.8 Å². The molecule has 0 spiro atoms. The number of rotatable bonds is 2. The topological polar surface area (TPSA) is 29.1 Å². The van der Waals surface area contributed by atoms with Crippen molar-refractivity contribution in [3.05, 3.63) is 29.1 Å². The maximum Gasteiger partial charge on any atom is 0.239 e. The van der Waals surface area contributed by atoms with Gasteiger partial charge in [-0.15, -0.1) is 11.6 Å². The summed E-state index contributed by atoms with van der Waals surface area (Å²) < 4.78 is 13.0. The quantitative estimate of drug-likeness (QED) is 0.755. The predicted octanol–water partition coefficient (Wildman–Crippen LogP) is 2.62. The van der Waals surface area contributed by atoms with Crippen molar-refractivity contribution in [1.82, 2.24) is 0 Å². The lowest BCUT2D eigenvalue weighted by Crippen LogP contribution is -2.13. The number of carbonyl (C=O) groups excluding carboxylic acids is 1. The van der Waals surface area contributed by atoms with Crippen molar-refractivity contribution < 1.29 is 9.18 Å². The molecular weight excluding hydrogens is 205 g/mol. The summed E-state index contributed by atoms with van der Waals surface area (Å²) in [5.74, 6) is -0.664. The van der Waals surface area contributed by atoms with E-state index < -0.39 is 0 Å². The summed E-state index contributed by atoms with van der Waals surface area (Å²) in [4.78, 5) is 11.0. The third kappa shape index (κ3) is 2.45. The lowest BCUT2D eigenvalue weighted by atomic mass is 10.1. The van der Waals surface area contributed by atoms with E-state index in [1.165, 1.54) is 6.07 Å². The molecule has 2 nitrogen and oxygen atoms in total. The molecule has 0 unspecified atom stereocenters. The second-order valence-corrected chi connectivity index (χ2v) is 3.37. The number of anilines is 1. The molecule has 76 valence electrons. The van der Waals surface area contributed by atoms with Crippen LogP contribution >= 0.6 is 11.6 Å². The van der Waals surface area contributed by atoms with Gasteiger partial charge < -0.3 is 5.32 Å². The first kappa shape index (κ1) is 11.0. The Balaban J connectivity index is 2.98. The maximum atomic E-state index is 13.0. The molecule has 0 aliphatic carbocycles. The summed E-state index contributed by atoms with van der Waals surface area (Å²) in [7, 11) is 0. The molecule has 14 heavy (non-hydrogen) atoms. The van der Waals surface area contributed by atoms with E-state index in [0.717, 1.165) is 0 Å². The number of carbonyl (C=O) groups is 1. The van der Waals surface area contributed by atoms with E-state index >= 15 is 0 Å². The number of alkyl halides is 1. The van der Waals surface area contributed by atoms with Crippen LogP contribution < -0.4 is 5.32 Å². The molecule has 1 rings (SSSR count). The van der Waals surface area contributed by atoms with Crippen molar-refractivity contribution >= 4 is 23.2 Å². The van der Waals surface area contributed by atoms with Crippen LogP contribution in [0.4, 0.5) is 10.1 Å². The Morgan fingerprint density at radius 2 is 2.07 bits per heavy atom. The Kier molecular flexibility index (Phi) is 3.47. The second-order valence-electron chi connectivity index (χ2n) is 3.10. The van der Waals surface area contributed by atoms with Gasteiger partial charge >= 0.3 is 0 Å². The summed E-state index contributed by atoms with van der Waals surface area (Å²) >= 11 is 5.34. The molecule has 0 saturated heterocycles. The number of hydrogen-bond donors (Lipinski definition) is 1. The van der Waals surface area contributed by atoms with Crippen LogP contribution in [0.5, 0.6) is 0 Å². The Bertz CT molecular complexity index is 365. The van der Waals surface area contributed by atoms with Crippen molar-refractivity contribution in [2.24, 2.45) is 0 Å². The van der Waals surface area contributed by atoms with E-state index in [-0.39, 0.29) is 17.6 Å². The third-order valence-corrected chi connectivity index (χ3v) is 2.14. The normalized spacial score (nSPS) is 10.0. The van der Waals surface area contributed by atoms with Gasteiger partial charge in [0.2, 0.25) is 5.91 Å². The van der Waals surface area contributed by atoms with Gasteiger partial charge in [0.05, 0.1) is 0 Å². The lowest BCUT2D eigenvalue weighted by Gasteiger charge is -2.08. The SMILES string of the molecule is Cc1cc(NC(=O)CCl)c(C)cc1F. The summed E-state index contributed by atoms with van der Waals surface area (Å²) in [6.07, 6.45) is 0. The average molecular weight is 216 g/mol. The van der Waals surface area contributed by atoms with Crippen LogP contribution in [0.3, 0.4) is 0 Å². The first-order valence-electron chi connectivity index (χ1n) is 4.17. The van der Waals surface area contributed by atoms with E-state index in [2.05, 4.69) is 5.32 Å². The van der Waals surface area contributed by atoms with Crippen molar-refractivity contribution in [3.63, 3.8) is 0 Å². The molecule has 0 bridgehead atoms. The first-order valence-corrected chi connectivity index (χ1v) is 4.70. The highest BCUT2D eigenvalue weighted by Crippen LogP contribution is 2.19. The molecule has 0 fully saturated rings. The van der Waals surface area contributed by atoms with Gasteiger partial charge in [-0.1, -0.05) is 0 Å². The van der Waals surface area contributed by atoms with E-state index in [1.807, 2.05) is 0 Å². The molecule has 0 atom stereocenters. The highest BCUT2D eigenvalue weighted by atomic mass is 35.5. The van der Waals surface area contributed by atoms with E-state index in [1.54, 1.807) is 19.9 Å². The summed E-state index contributed by atoms with van der Waals surface area (Å²) in [5, 5.41) is 2.59. The number of halogens is 2. The van der Waals surface area contributed by atoms with Gasteiger partial charge in [-0.25, -0.2) is 4.39 Å². The van der Waals surface area contributed by atoms with Crippen molar-refractivity contribution in [1.29, 1.82) is 0 Å². The first-order chi connectivity index (χ1) is 6.54. The van der Waals surface area contributed by atoms with E-state index in [0.29, 0.717) is 16.8 Å². The van der Waals surface area contributed by atoms with Crippen LogP contribution in [0.25, 0.3) is 0 Å². The fourth-order valence-corrected chi connectivity index (χ4v) is 1.17. The van der Waals surface area contributed by atoms with Gasteiger partial charge in [-0.2, -0.15) is 0 Å². The van der Waals surface area contributed by atoms with Gasteiger partial charge in [0.1, 0.15) is 11.7 Å². The molecule has 1 N–H and O–H groups in total. The minimum Gasteiger partial charge on any atom is -0.325 e. The van der Waals surface area contributed by atoms with Crippen LogP contribution in [0.2, 0.25) is 0 Å². The number of hydrogen-bond acceptors (Lipinski definition) is 1. The molecule has 0 aliphatic rings. The zero-order valence-electron chi connectivity index (χ0n) is 8.03. The van der Waals surface area contributed by atoms with Crippen LogP contribution in [-0.2, 0) is 4.79 Å².